The number of anilines is 1. The number of aryl methyl sites for hydroxylation is 1. The largest absolute Gasteiger partial charge is 0.381 e. The molecular weight excluding hydrogens is 292 g/mol. The molecule has 1 aliphatic heterocycles. The van der Waals surface area contributed by atoms with Gasteiger partial charge >= 0.3 is 0 Å². The van der Waals surface area contributed by atoms with Gasteiger partial charge in [-0.15, -0.1) is 0 Å². The summed E-state index contributed by atoms with van der Waals surface area (Å²) in [6.45, 7) is 2.24. The van der Waals surface area contributed by atoms with Crippen molar-refractivity contribution in [1.82, 2.24) is 14.1 Å². The smallest absolute Gasteiger partial charge is 0.248 e. The fraction of sp³-hybridized carbons (Fsp3) is 0.667. The van der Waals surface area contributed by atoms with Crippen LogP contribution in [-0.4, -0.2) is 55.5 Å². The van der Waals surface area contributed by atoms with Gasteiger partial charge in [-0.2, -0.15) is 9.40 Å². The Bertz CT molecular complexity index is 663. The van der Waals surface area contributed by atoms with Crippen molar-refractivity contribution in [1.29, 1.82) is 0 Å². The van der Waals surface area contributed by atoms with Crippen LogP contribution in [0.4, 0.5) is 5.82 Å². The Morgan fingerprint density at radius 1 is 1.37 bits per heavy atom. The lowest BCUT2D eigenvalue weighted by Crippen LogP contribution is -2.43. The highest BCUT2D eigenvalue weighted by Crippen LogP contribution is 2.22. The maximum absolute atomic E-state index is 12.3. The van der Waals surface area contributed by atoms with E-state index in [1.807, 2.05) is 6.92 Å². The van der Waals surface area contributed by atoms with Crippen LogP contribution in [0.25, 0.3) is 0 Å². The molecule has 0 spiro atoms. The summed E-state index contributed by atoms with van der Waals surface area (Å²) in [5, 5.41) is 3.89. The predicted molar refractivity (Wildman–Crippen MR) is 69.7 cm³/mol. The van der Waals surface area contributed by atoms with Crippen LogP contribution in [-0.2, 0) is 26.4 Å². The van der Waals surface area contributed by atoms with Gasteiger partial charge < -0.3 is 5.73 Å². The molecule has 1 aliphatic rings. The molecule has 0 aromatic carbocycles. The molecule has 0 unspecified atom stereocenters. The fourth-order valence-electron chi connectivity index (χ4n) is 1.85. The van der Waals surface area contributed by atoms with E-state index in [2.05, 4.69) is 5.10 Å². The van der Waals surface area contributed by atoms with Gasteiger partial charge in [0.1, 0.15) is 4.90 Å². The molecule has 1 saturated heterocycles. The molecule has 1 fully saturated rings. The number of nitrogens with zero attached hydrogens (tertiary/aromatic N) is 3. The van der Waals surface area contributed by atoms with Gasteiger partial charge in [0.25, 0.3) is 0 Å². The Balaban J connectivity index is 2.30. The van der Waals surface area contributed by atoms with Crippen LogP contribution in [0, 0.1) is 0 Å². The fourth-order valence-corrected chi connectivity index (χ4v) is 4.79. The van der Waals surface area contributed by atoms with E-state index in [9.17, 15) is 16.8 Å². The second kappa shape index (κ2) is 4.76. The SMILES string of the molecule is CCn1cc(S(=O)(=O)N2CCS(=O)(=O)CC2)c(N)n1. The highest BCUT2D eigenvalue weighted by Gasteiger charge is 2.33. The van der Waals surface area contributed by atoms with Crippen LogP contribution >= 0.6 is 0 Å². The van der Waals surface area contributed by atoms with Gasteiger partial charge in [0, 0.05) is 25.8 Å². The van der Waals surface area contributed by atoms with Crippen molar-refractivity contribution in [2.45, 2.75) is 18.4 Å². The quantitative estimate of drug-likeness (QED) is 0.758. The van der Waals surface area contributed by atoms with Gasteiger partial charge in [-0.25, -0.2) is 16.8 Å². The summed E-state index contributed by atoms with van der Waals surface area (Å²) in [5.74, 6) is -0.377. The maximum Gasteiger partial charge on any atom is 0.248 e. The molecule has 8 nitrogen and oxygen atoms in total. The predicted octanol–water partition coefficient (Wildman–Crippen LogP) is -1.10. The highest BCUT2D eigenvalue weighted by molar-refractivity contribution is 7.92. The highest BCUT2D eigenvalue weighted by atomic mass is 32.2. The van der Waals surface area contributed by atoms with Crippen molar-refractivity contribution >= 4 is 25.7 Å². The number of sulfonamides is 1. The zero-order chi connectivity index (χ0) is 14.3. The molecule has 19 heavy (non-hydrogen) atoms. The molecule has 0 saturated carbocycles. The van der Waals surface area contributed by atoms with Crippen LogP contribution in [0.15, 0.2) is 11.1 Å². The summed E-state index contributed by atoms with van der Waals surface area (Å²) in [6.07, 6.45) is 1.37. The first kappa shape index (κ1) is 14.3. The Morgan fingerprint density at radius 3 is 2.42 bits per heavy atom. The molecule has 0 aliphatic carbocycles. The van der Waals surface area contributed by atoms with Gasteiger partial charge in [-0.1, -0.05) is 0 Å². The molecule has 0 radical (unpaired) electrons. The molecule has 0 bridgehead atoms. The second-order valence-electron chi connectivity index (χ2n) is 4.29. The Kier molecular flexibility index (Phi) is 3.58. The third-order valence-corrected chi connectivity index (χ3v) is 6.52. The van der Waals surface area contributed by atoms with Crippen LogP contribution in [0.2, 0.25) is 0 Å². The lowest BCUT2D eigenvalue weighted by atomic mass is 10.6. The monoisotopic (exact) mass is 308 g/mol. The summed E-state index contributed by atoms with van der Waals surface area (Å²) in [6, 6.07) is 0. The van der Waals surface area contributed by atoms with E-state index in [4.69, 9.17) is 5.73 Å². The maximum atomic E-state index is 12.3. The van der Waals surface area contributed by atoms with Crippen LogP contribution < -0.4 is 5.73 Å². The number of nitrogen functional groups attached to an aromatic ring is 1. The number of rotatable bonds is 3. The van der Waals surface area contributed by atoms with Gasteiger partial charge in [0.05, 0.1) is 11.5 Å². The molecule has 108 valence electrons. The third-order valence-electron chi connectivity index (χ3n) is 3.00. The van der Waals surface area contributed by atoms with Gasteiger partial charge in [-0.05, 0) is 6.92 Å². The molecular formula is C9H16N4O4S2. The normalized spacial score (nSPS) is 20.5. The second-order valence-corrected chi connectivity index (χ2v) is 8.50. The minimum absolute atomic E-state index is 0.0403. The molecule has 10 heteroatoms. The molecule has 2 rings (SSSR count). The number of hydrogen-bond acceptors (Lipinski definition) is 6. The summed E-state index contributed by atoms with van der Waals surface area (Å²) in [7, 11) is -6.90. The van der Waals surface area contributed by atoms with Crippen molar-refractivity contribution in [3.63, 3.8) is 0 Å². The number of aromatic nitrogens is 2. The Labute approximate surface area is 112 Å². The Morgan fingerprint density at radius 2 is 1.95 bits per heavy atom. The van der Waals surface area contributed by atoms with E-state index in [1.165, 1.54) is 10.9 Å². The van der Waals surface area contributed by atoms with Crippen LogP contribution in [0.5, 0.6) is 0 Å². The van der Waals surface area contributed by atoms with E-state index in [0.717, 1.165) is 4.31 Å². The molecule has 0 atom stereocenters. The van der Waals surface area contributed by atoms with Crippen molar-refractivity contribution in [2.24, 2.45) is 0 Å². The van der Waals surface area contributed by atoms with Crippen molar-refractivity contribution in [3.05, 3.63) is 6.20 Å². The first-order valence-corrected chi connectivity index (χ1v) is 9.06. The minimum atomic E-state index is -3.77. The number of hydrogen-bond donors (Lipinski definition) is 1. The average Bonchev–Trinajstić information content (AvgIpc) is 2.70. The van der Waals surface area contributed by atoms with E-state index >= 15 is 0 Å². The van der Waals surface area contributed by atoms with E-state index in [1.54, 1.807) is 0 Å². The summed E-state index contributed by atoms with van der Waals surface area (Å²) < 4.78 is 49.9. The van der Waals surface area contributed by atoms with Crippen LogP contribution in [0.3, 0.4) is 0 Å². The number of sulfone groups is 1. The summed E-state index contributed by atoms with van der Waals surface area (Å²) >= 11 is 0. The van der Waals surface area contributed by atoms with Gasteiger partial charge in [-0.3, -0.25) is 4.68 Å². The zero-order valence-electron chi connectivity index (χ0n) is 10.5. The van der Waals surface area contributed by atoms with Crippen molar-refractivity contribution in [2.75, 3.05) is 30.3 Å². The van der Waals surface area contributed by atoms with Gasteiger partial charge in [0.15, 0.2) is 15.7 Å². The van der Waals surface area contributed by atoms with E-state index in [0.29, 0.717) is 6.54 Å². The van der Waals surface area contributed by atoms with Crippen LogP contribution in [0.1, 0.15) is 6.92 Å². The topological polar surface area (TPSA) is 115 Å². The zero-order valence-corrected chi connectivity index (χ0v) is 12.1. The average molecular weight is 308 g/mol. The molecule has 1 aromatic heterocycles. The molecule has 0 amide bonds. The minimum Gasteiger partial charge on any atom is -0.381 e. The molecule has 1 aromatic rings. The van der Waals surface area contributed by atoms with Gasteiger partial charge in [0.2, 0.25) is 10.0 Å². The molecule has 2 heterocycles. The van der Waals surface area contributed by atoms with Crippen molar-refractivity contribution in [3.8, 4) is 0 Å². The lowest BCUT2D eigenvalue weighted by Gasteiger charge is -2.25. The first-order valence-electron chi connectivity index (χ1n) is 5.80. The summed E-state index contributed by atoms with van der Waals surface area (Å²) in [5.41, 5.74) is 5.61. The Hall–Kier alpha value is -1.13. The lowest BCUT2D eigenvalue weighted by molar-refractivity contribution is 0.431. The third kappa shape index (κ3) is 2.74. The standard InChI is InChI=1S/C9H16N4O4S2/c1-2-12-7-8(9(10)11-12)19(16,17)13-3-5-18(14,15)6-4-13/h7H,2-6H2,1H3,(H2,10,11). The van der Waals surface area contributed by atoms with E-state index in [-0.39, 0.29) is 35.3 Å². The molecule has 2 N–H and O–H groups in total. The van der Waals surface area contributed by atoms with Crippen molar-refractivity contribution < 1.29 is 16.8 Å². The van der Waals surface area contributed by atoms with E-state index < -0.39 is 19.9 Å². The summed E-state index contributed by atoms with van der Waals surface area (Å²) in [4.78, 5) is -0.0614. The first-order chi connectivity index (χ1) is 8.76. The number of nitrogens with two attached hydrogens (primary N) is 1.